The molecule has 0 bridgehead atoms. The van der Waals surface area contributed by atoms with Gasteiger partial charge < -0.3 is 4.98 Å². The van der Waals surface area contributed by atoms with Gasteiger partial charge in [-0.1, -0.05) is 66.8 Å². The van der Waals surface area contributed by atoms with Gasteiger partial charge in [-0.3, -0.25) is 0 Å². The van der Waals surface area contributed by atoms with Crippen LogP contribution < -0.4 is 0 Å². The molecular formula is C18H15N. The number of rotatable bonds is 3. The number of H-pyrrole nitrogens is 1. The zero-order chi connectivity index (χ0) is 12.9. The van der Waals surface area contributed by atoms with E-state index in [0.29, 0.717) is 0 Å². The smallest absolute Gasteiger partial charge is 0.0458 e. The molecule has 0 aliphatic heterocycles. The van der Waals surface area contributed by atoms with Crippen LogP contribution >= 0.6 is 0 Å². The summed E-state index contributed by atoms with van der Waals surface area (Å²) in [6, 6.07) is 20.7. The molecule has 0 radical (unpaired) electrons. The van der Waals surface area contributed by atoms with E-state index in [9.17, 15) is 0 Å². The summed E-state index contributed by atoms with van der Waals surface area (Å²) in [7, 11) is 0. The van der Waals surface area contributed by atoms with Gasteiger partial charge in [-0.25, -0.2) is 0 Å². The van der Waals surface area contributed by atoms with Crippen molar-refractivity contribution < 1.29 is 0 Å². The molecule has 1 heterocycles. The van der Waals surface area contributed by atoms with Crippen LogP contribution in [-0.4, -0.2) is 4.98 Å². The van der Waals surface area contributed by atoms with Crippen LogP contribution in [-0.2, 0) is 0 Å². The second-order valence-electron chi connectivity index (χ2n) is 4.44. The average Bonchev–Trinajstić information content (AvgIpc) is 2.87. The fourth-order valence-electron chi connectivity index (χ4n) is 2.08. The number of nitrogens with one attached hydrogen (secondary N) is 1. The summed E-state index contributed by atoms with van der Waals surface area (Å²) in [5.41, 5.74) is 3.51. The minimum absolute atomic E-state index is 1.12. The fourth-order valence-corrected chi connectivity index (χ4v) is 2.08. The van der Waals surface area contributed by atoms with Crippen LogP contribution in [0.3, 0.4) is 0 Å². The number of benzene rings is 2. The van der Waals surface area contributed by atoms with Crippen molar-refractivity contribution in [3.8, 4) is 0 Å². The van der Waals surface area contributed by atoms with E-state index < -0.39 is 0 Å². The maximum absolute atomic E-state index is 3.37. The molecule has 1 nitrogen and oxygen atoms in total. The number of allylic oxidation sites excluding steroid dienone is 2. The molecule has 3 aromatic rings. The first-order valence-electron chi connectivity index (χ1n) is 6.39. The Kier molecular flexibility index (Phi) is 3.28. The van der Waals surface area contributed by atoms with E-state index in [1.807, 2.05) is 24.3 Å². The molecule has 0 atom stereocenters. The molecule has 1 N–H and O–H groups in total. The van der Waals surface area contributed by atoms with Crippen molar-refractivity contribution in [2.75, 3.05) is 0 Å². The lowest BCUT2D eigenvalue weighted by Crippen LogP contribution is -1.69. The number of aromatic amines is 1. The van der Waals surface area contributed by atoms with E-state index in [0.717, 1.165) is 5.69 Å². The van der Waals surface area contributed by atoms with Crippen LogP contribution in [0.2, 0.25) is 0 Å². The Morgan fingerprint density at radius 3 is 2.32 bits per heavy atom. The van der Waals surface area contributed by atoms with Gasteiger partial charge in [0.25, 0.3) is 0 Å². The second kappa shape index (κ2) is 5.40. The summed E-state index contributed by atoms with van der Waals surface area (Å²) in [6.45, 7) is 0. The van der Waals surface area contributed by atoms with E-state index in [1.54, 1.807) is 0 Å². The largest absolute Gasteiger partial charge is 0.355 e. The first-order chi connectivity index (χ1) is 9.42. The molecule has 1 heteroatoms. The quantitative estimate of drug-likeness (QED) is 0.632. The zero-order valence-corrected chi connectivity index (χ0v) is 10.6. The Labute approximate surface area is 112 Å². The summed E-state index contributed by atoms with van der Waals surface area (Å²) in [4.78, 5) is 3.37. The van der Waals surface area contributed by atoms with Crippen molar-refractivity contribution >= 4 is 23.1 Å². The standard InChI is InChI=1S/C18H15N/c1-2-8-15(9-3-1)10-4-6-12-17-14-16-11-5-7-13-18(16)19-17/h1-14,19H/b10-4+,12-6+. The van der Waals surface area contributed by atoms with Gasteiger partial charge in [0.15, 0.2) is 0 Å². The second-order valence-corrected chi connectivity index (χ2v) is 4.44. The average molecular weight is 245 g/mol. The Morgan fingerprint density at radius 2 is 1.47 bits per heavy atom. The Balaban J connectivity index is 1.74. The number of para-hydroxylation sites is 1. The molecule has 3 rings (SSSR count). The predicted molar refractivity (Wildman–Crippen MR) is 82.8 cm³/mol. The molecule has 1 aromatic heterocycles. The highest BCUT2D eigenvalue weighted by Gasteiger charge is 1.94. The van der Waals surface area contributed by atoms with Crippen molar-refractivity contribution in [3.05, 3.63) is 84.1 Å². The molecule has 0 aliphatic carbocycles. The lowest BCUT2D eigenvalue weighted by molar-refractivity contribution is 1.43. The third kappa shape index (κ3) is 2.83. The molecule has 0 aliphatic rings. The highest BCUT2D eigenvalue weighted by Crippen LogP contribution is 2.15. The van der Waals surface area contributed by atoms with E-state index >= 15 is 0 Å². The molecule has 0 saturated heterocycles. The van der Waals surface area contributed by atoms with Crippen LogP contribution in [0.25, 0.3) is 23.1 Å². The minimum Gasteiger partial charge on any atom is -0.355 e. The normalized spacial score (nSPS) is 11.8. The number of hydrogen-bond donors (Lipinski definition) is 1. The highest BCUT2D eigenvalue weighted by atomic mass is 14.7. The maximum Gasteiger partial charge on any atom is 0.0458 e. The lowest BCUT2D eigenvalue weighted by atomic mass is 10.2. The molecule has 0 unspecified atom stereocenters. The summed E-state index contributed by atoms with van der Waals surface area (Å²) in [6.07, 6.45) is 8.29. The Bertz CT molecular complexity index is 685. The monoisotopic (exact) mass is 245 g/mol. The summed E-state index contributed by atoms with van der Waals surface area (Å²) in [5, 5.41) is 1.24. The van der Waals surface area contributed by atoms with Crippen LogP contribution in [0.4, 0.5) is 0 Å². The third-order valence-corrected chi connectivity index (χ3v) is 3.03. The van der Waals surface area contributed by atoms with Crippen LogP contribution in [0.15, 0.2) is 72.8 Å². The van der Waals surface area contributed by atoms with Gasteiger partial charge in [-0.05, 0) is 29.2 Å². The first-order valence-corrected chi connectivity index (χ1v) is 6.39. The lowest BCUT2D eigenvalue weighted by Gasteiger charge is -1.88. The Morgan fingerprint density at radius 1 is 0.737 bits per heavy atom. The summed E-state index contributed by atoms with van der Waals surface area (Å²) < 4.78 is 0. The van der Waals surface area contributed by atoms with Crippen molar-refractivity contribution in [2.24, 2.45) is 0 Å². The van der Waals surface area contributed by atoms with Crippen molar-refractivity contribution in [2.45, 2.75) is 0 Å². The zero-order valence-electron chi connectivity index (χ0n) is 10.6. The van der Waals surface area contributed by atoms with E-state index in [-0.39, 0.29) is 0 Å². The number of aromatic nitrogens is 1. The first kappa shape index (κ1) is 11.5. The minimum atomic E-state index is 1.12. The molecule has 0 saturated carbocycles. The molecule has 0 spiro atoms. The van der Waals surface area contributed by atoms with Gasteiger partial charge >= 0.3 is 0 Å². The molecule has 92 valence electrons. The topological polar surface area (TPSA) is 15.8 Å². The molecule has 2 aromatic carbocycles. The molecule has 0 fully saturated rings. The summed E-state index contributed by atoms with van der Waals surface area (Å²) in [5.74, 6) is 0. The Hall–Kier alpha value is -2.54. The van der Waals surface area contributed by atoms with Crippen molar-refractivity contribution in [1.29, 1.82) is 0 Å². The van der Waals surface area contributed by atoms with Crippen molar-refractivity contribution in [1.82, 2.24) is 4.98 Å². The van der Waals surface area contributed by atoms with Gasteiger partial charge in [-0.2, -0.15) is 0 Å². The van der Waals surface area contributed by atoms with Crippen LogP contribution in [0.1, 0.15) is 11.3 Å². The predicted octanol–water partition coefficient (Wildman–Crippen LogP) is 4.89. The molecular weight excluding hydrogens is 230 g/mol. The van der Waals surface area contributed by atoms with Gasteiger partial charge in [0.05, 0.1) is 0 Å². The van der Waals surface area contributed by atoms with Gasteiger partial charge in [-0.15, -0.1) is 0 Å². The van der Waals surface area contributed by atoms with Gasteiger partial charge in [0.2, 0.25) is 0 Å². The van der Waals surface area contributed by atoms with Crippen LogP contribution in [0.5, 0.6) is 0 Å². The van der Waals surface area contributed by atoms with E-state index in [4.69, 9.17) is 0 Å². The molecule has 0 amide bonds. The summed E-state index contributed by atoms with van der Waals surface area (Å²) >= 11 is 0. The number of fused-ring (bicyclic) bond motifs is 1. The van der Waals surface area contributed by atoms with Gasteiger partial charge in [0.1, 0.15) is 0 Å². The fraction of sp³-hybridized carbons (Fsp3) is 0. The van der Waals surface area contributed by atoms with Crippen molar-refractivity contribution in [3.63, 3.8) is 0 Å². The van der Waals surface area contributed by atoms with E-state index in [1.165, 1.54) is 16.5 Å². The SMILES string of the molecule is C(/C=C/c1cc2ccccc2[nH]1)=C\c1ccccc1. The maximum atomic E-state index is 3.37. The van der Waals surface area contributed by atoms with E-state index in [2.05, 4.69) is 65.7 Å². The van der Waals surface area contributed by atoms with Gasteiger partial charge in [0, 0.05) is 11.2 Å². The van der Waals surface area contributed by atoms with Crippen LogP contribution in [0, 0.1) is 0 Å². The third-order valence-electron chi connectivity index (χ3n) is 3.03. The number of hydrogen-bond acceptors (Lipinski definition) is 0. The highest BCUT2D eigenvalue weighted by molar-refractivity contribution is 5.82. The molecule has 19 heavy (non-hydrogen) atoms.